The smallest absolute Gasteiger partial charge is 0.364 e. The van der Waals surface area contributed by atoms with Gasteiger partial charge >= 0.3 is 5.97 Å². The lowest BCUT2D eigenvalue weighted by Gasteiger charge is -2.46. The van der Waals surface area contributed by atoms with Crippen LogP contribution in [0.15, 0.2) is 39.4 Å². The van der Waals surface area contributed by atoms with Crippen molar-refractivity contribution in [2.75, 3.05) is 6.61 Å². The number of aliphatic carboxylic acids is 1. The first kappa shape index (κ1) is 30.9. The molecule has 214 valence electrons. The van der Waals surface area contributed by atoms with Crippen LogP contribution in [0.25, 0.3) is 20.9 Å². The maximum atomic E-state index is 12.4. The zero-order valence-corrected chi connectivity index (χ0v) is 21.7. The lowest BCUT2D eigenvalue weighted by molar-refractivity contribution is -0.311. The van der Waals surface area contributed by atoms with Gasteiger partial charge in [0.05, 0.1) is 37.0 Å². The largest absolute Gasteiger partial charge is 0.477 e. The highest BCUT2D eigenvalue weighted by Crippen LogP contribution is 2.38. The molecule has 6 N–H and O–H groups in total. The van der Waals surface area contributed by atoms with Gasteiger partial charge in [0.15, 0.2) is 0 Å². The van der Waals surface area contributed by atoms with Gasteiger partial charge < -0.3 is 44.8 Å². The summed E-state index contributed by atoms with van der Waals surface area (Å²) in [7, 11) is 0. The fourth-order valence-electron chi connectivity index (χ4n) is 4.33. The number of nitrogens with zero attached hydrogens (tertiary/aromatic N) is 6. The van der Waals surface area contributed by atoms with Crippen LogP contribution in [0, 0.1) is 6.92 Å². The average Bonchev–Trinajstić information content (AvgIpc) is 2.89. The standard InChI is InChI=1S/C22H30N6O10S/c1-9-3-5-11(6-4-9)39-20-18(33)17(32)16(31)13(37-20)8-36-22(21(34)35)7-12(30)15(26-28-24)19(38-22)14(10(2)29)25-27-23/h3-6,10,12-20,29-33H,7-8H2,1-2H3,(H,34,35)/t10-,12?,13?,14?,15?,16+,17?,18?,19?,20+,22-/m1/s1. The Bertz CT molecular complexity index is 1080. The molecule has 2 heterocycles. The Kier molecular flexibility index (Phi) is 10.4. The molecular formula is C22H30N6O10S. The number of aryl methyl sites for hydroxylation is 1. The first-order valence-electron chi connectivity index (χ1n) is 11.9. The predicted octanol–water partition coefficient (Wildman–Crippen LogP) is 0.581. The normalized spacial score (nSPS) is 36.2. The van der Waals surface area contributed by atoms with Crippen molar-refractivity contribution in [3.05, 3.63) is 50.7 Å². The third-order valence-electron chi connectivity index (χ3n) is 6.48. The number of rotatable bonds is 10. The van der Waals surface area contributed by atoms with Crippen LogP contribution in [-0.4, -0.2) is 109 Å². The first-order chi connectivity index (χ1) is 18.4. The summed E-state index contributed by atoms with van der Waals surface area (Å²) in [5, 5.41) is 69.1. The molecule has 0 bridgehead atoms. The Balaban J connectivity index is 1.84. The summed E-state index contributed by atoms with van der Waals surface area (Å²) in [5.74, 6) is -4.33. The van der Waals surface area contributed by atoms with Crippen molar-refractivity contribution >= 4 is 17.7 Å². The molecule has 0 radical (unpaired) electrons. The molecule has 2 aliphatic heterocycles. The van der Waals surface area contributed by atoms with Crippen LogP contribution >= 0.6 is 11.8 Å². The highest BCUT2D eigenvalue weighted by Gasteiger charge is 2.56. The molecule has 16 nitrogen and oxygen atoms in total. The number of aliphatic hydroxyl groups excluding tert-OH is 5. The van der Waals surface area contributed by atoms with Gasteiger partial charge in [0.2, 0.25) is 0 Å². The van der Waals surface area contributed by atoms with E-state index in [2.05, 4.69) is 20.1 Å². The molecule has 11 atom stereocenters. The fraction of sp³-hybridized carbons (Fsp3) is 0.682. The van der Waals surface area contributed by atoms with Crippen molar-refractivity contribution in [1.82, 2.24) is 0 Å². The van der Waals surface area contributed by atoms with Gasteiger partial charge in [0.1, 0.15) is 29.9 Å². The van der Waals surface area contributed by atoms with Gasteiger partial charge in [-0.15, -0.1) is 0 Å². The van der Waals surface area contributed by atoms with Crippen LogP contribution in [0.2, 0.25) is 0 Å². The molecule has 0 aliphatic carbocycles. The number of hydrogen-bond donors (Lipinski definition) is 6. The monoisotopic (exact) mass is 570 g/mol. The number of carbonyl (C=O) groups is 1. The minimum Gasteiger partial charge on any atom is -0.477 e. The van der Waals surface area contributed by atoms with Crippen LogP contribution in [0.5, 0.6) is 0 Å². The number of azide groups is 2. The Morgan fingerprint density at radius 2 is 1.85 bits per heavy atom. The number of carboxylic acid groups (broad SMARTS) is 1. The van der Waals surface area contributed by atoms with E-state index in [-0.39, 0.29) is 0 Å². The number of aliphatic hydroxyl groups is 5. The molecule has 3 rings (SSSR count). The van der Waals surface area contributed by atoms with Gasteiger partial charge in [-0.25, -0.2) is 4.79 Å². The summed E-state index contributed by atoms with van der Waals surface area (Å²) < 4.78 is 16.9. The molecule has 2 aliphatic rings. The highest BCUT2D eigenvalue weighted by atomic mass is 32.2. The van der Waals surface area contributed by atoms with E-state index in [1.807, 2.05) is 19.1 Å². The van der Waals surface area contributed by atoms with E-state index in [4.69, 9.17) is 25.3 Å². The minimum atomic E-state index is -2.62. The van der Waals surface area contributed by atoms with Crippen LogP contribution in [0.3, 0.4) is 0 Å². The number of benzene rings is 1. The number of thioether (sulfide) groups is 1. The van der Waals surface area contributed by atoms with Crippen molar-refractivity contribution < 1.29 is 49.6 Å². The van der Waals surface area contributed by atoms with Gasteiger partial charge in [-0.05, 0) is 37.0 Å². The van der Waals surface area contributed by atoms with E-state index in [0.29, 0.717) is 4.90 Å². The number of hydrogen-bond acceptors (Lipinski definition) is 12. The molecule has 0 amide bonds. The van der Waals surface area contributed by atoms with Crippen molar-refractivity contribution in [3.8, 4) is 0 Å². The summed E-state index contributed by atoms with van der Waals surface area (Å²) in [4.78, 5) is 18.3. The van der Waals surface area contributed by atoms with Crippen molar-refractivity contribution in [2.24, 2.45) is 10.2 Å². The summed E-state index contributed by atoms with van der Waals surface area (Å²) >= 11 is 1.07. The maximum absolute atomic E-state index is 12.4. The van der Waals surface area contributed by atoms with Crippen molar-refractivity contribution in [2.45, 2.75) is 91.2 Å². The van der Waals surface area contributed by atoms with E-state index < -0.39 is 85.0 Å². The zero-order chi connectivity index (χ0) is 28.9. The Morgan fingerprint density at radius 1 is 1.18 bits per heavy atom. The molecule has 0 saturated carbocycles. The minimum absolute atomic E-state index is 0.686. The summed E-state index contributed by atoms with van der Waals surface area (Å²) in [6.07, 6.45) is -11.6. The third-order valence-corrected chi connectivity index (χ3v) is 7.65. The Morgan fingerprint density at radius 3 is 2.41 bits per heavy atom. The molecule has 7 unspecified atom stereocenters. The molecule has 17 heteroatoms. The molecule has 0 spiro atoms. The summed E-state index contributed by atoms with van der Waals surface area (Å²) in [5.41, 5.74) is 17.8. The average molecular weight is 571 g/mol. The molecule has 1 aromatic carbocycles. The van der Waals surface area contributed by atoms with E-state index in [1.165, 1.54) is 6.92 Å². The molecule has 0 aromatic heterocycles. The van der Waals surface area contributed by atoms with Crippen molar-refractivity contribution in [1.29, 1.82) is 0 Å². The Hall–Kier alpha value is -2.66. The molecule has 1 aromatic rings. The van der Waals surface area contributed by atoms with Crippen LogP contribution < -0.4 is 0 Å². The zero-order valence-electron chi connectivity index (χ0n) is 20.9. The van der Waals surface area contributed by atoms with Gasteiger partial charge in [0.25, 0.3) is 5.79 Å². The predicted molar refractivity (Wildman–Crippen MR) is 133 cm³/mol. The second kappa shape index (κ2) is 13.1. The topological polar surface area (TPSA) is 264 Å². The van der Waals surface area contributed by atoms with E-state index in [1.54, 1.807) is 12.1 Å². The first-order valence-corrected chi connectivity index (χ1v) is 12.7. The van der Waals surface area contributed by atoms with Crippen LogP contribution in [0.4, 0.5) is 0 Å². The lowest BCUT2D eigenvalue weighted by atomic mass is 9.88. The fourth-order valence-corrected chi connectivity index (χ4v) is 5.39. The van der Waals surface area contributed by atoms with E-state index in [9.17, 15) is 35.4 Å². The highest BCUT2D eigenvalue weighted by molar-refractivity contribution is 7.99. The van der Waals surface area contributed by atoms with Crippen LogP contribution in [0.1, 0.15) is 18.9 Å². The van der Waals surface area contributed by atoms with E-state index in [0.717, 1.165) is 17.3 Å². The quantitative estimate of drug-likeness (QED) is 0.129. The van der Waals surface area contributed by atoms with Gasteiger partial charge in [-0.3, -0.25) is 0 Å². The third kappa shape index (κ3) is 6.92. The Labute approximate surface area is 226 Å². The van der Waals surface area contributed by atoms with E-state index >= 15 is 0 Å². The number of ether oxygens (including phenoxy) is 3. The van der Waals surface area contributed by atoms with Gasteiger partial charge in [-0.2, -0.15) is 0 Å². The maximum Gasteiger partial charge on any atom is 0.364 e. The molecule has 2 saturated heterocycles. The second-order valence-electron chi connectivity index (χ2n) is 9.30. The second-order valence-corrected chi connectivity index (χ2v) is 10.5. The van der Waals surface area contributed by atoms with Crippen molar-refractivity contribution in [3.63, 3.8) is 0 Å². The van der Waals surface area contributed by atoms with Gasteiger partial charge in [-0.1, -0.05) is 39.7 Å². The van der Waals surface area contributed by atoms with Crippen LogP contribution in [-0.2, 0) is 19.0 Å². The number of carboxylic acids is 1. The summed E-state index contributed by atoms with van der Waals surface area (Å²) in [6, 6.07) is 4.30. The molecule has 2 fully saturated rings. The SMILES string of the molecule is Cc1ccc(S[C@@H]2OC(CO[C@]3(C(=O)O)CC(O)C(N=[N+]=[N-])C(C(N=[N+]=[N-])[C@@H](C)O)O3)[C@H](O)C(O)C2O)cc1. The molecule has 39 heavy (non-hydrogen) atoms. The lowest BCUT2D eigenvalue weighted by Crippen LogP contribution is -2.64. The molecular weight excluding hydrogens is 540 g/mol. The van der Waals surface area contributed by atoms with Gasteiger partial charge in [0, 0.05) is 21.1 Å². The summed E-state index contributed by atoms with van der Waals surface area (Å²) in [6.45, 7) is 2.44.